The Balaban J connectivity index is 2.09. The third-order valence-electron chi connectivity index (χ3n) is 3.29. The minimum absolute atomic E-state index is 0.0978. The molecule has 0 aliphatic heterocycles. The first kappa shape index (κ1) is 16.7. The predicted octanol–water partition coefficient (Wildman–Crippen LogP) is 3.84. The van der Waals surface area contributed by atoms with Crippen LogP contribution in [0.25, 0.3) is 0 Å². The van der Waals surface area contributed by atoms with Gasteiger partial charge in [0.05, 0.1) is 12.5 Å². The van der Waals surface area contributed by atoms with Crippen LogP contribution in [0.5, 0.6) is 0 Å². The second-order valence-electron chi connectivity index (χ2n) is 5.21. The number of ether oxygens (including phenoxy) is 1. The van der Waals surface area contributed by atoms with E-state index in [4.69, 9.17) is 4.74 Å². The SMILES string of the molecule is CCCCCCC[C@@H](O)CC(=O)OCc1ccccc1. The lowest BCUT2D eigenvalue weighted by molar-refractivity contribution is -0.147. The van der Waals surface area contributed by atoms with Crippen LogP contribution >= 0.6 is 0 Å². The minimum Gasteiger partial charge on any atom is -0.461 e. The van der Waals surface area contributed by atoms with Crippen LogP contribution in [0, 0.1) is 0 Å². The van der Waals surface area contributed by atoms with Crippen LogP contribution in [-0.4, -0.2) is 17.2 Å². The van der Waals surface area contributed by atoms with Gasteiger partial charge in [0.1, 0.15) is 6.61 Å². The minimum atomic E-state index is -0.570. The normalized spacial score (nSPS) is 12.1. The van der Waals surface area contributed by atoms with Gasteiger partial charge in [0.25, 0.3) is 0 Å². The lowest BCUT2D eigenvalue weighted by Gasteiger charge is -2.10. The van der Waals surface area contributed by atoms with E-state index in [1.54, 1.807) is 0 Å². The zero-order valence-electron chi connectivity index (χ0n) is 12.4. The summed E-state index contributed by atoms with van der Waals surface area (Å²) >= 11 is 0. The second-order valence-corrected chi connectivity index (χ2v) is 5.21. The zero-order valence-corrected chi connectivity index (χ0v) is 12.4. The molecule has 1 aromatic carbocycles. The summed E-state index contributed by atoms with van der Waals surface area (Å²) in [4.78, 5) is 11.6. The summed E-state index contributed by atoms with van der Waals surface area (Å²) in [6.07, 6.45) is 5.99. The molecule has 0 fully saturated rings. The Hall–Kier alpha value is -1.35. The monoisotopic (exact) mass is 278 g/mol. The number of carbonyl (C=O) groups is 1. The number of hydrogen-bond donors (Lipinski definition) is 1. The van der Waals surface area contributed by atoms with Crippen LogP contribution in [-0.2, 0) is 16.1 Å². The van der Waals surface area contributed by atoms with Gasteiger partial charge in [-0.05, 0) is 12.0 Å². The molecule has 0 radical (unpaired) electrons. The van der Waals surface area contributed by atoms with Crippen LogP contribution in [0.3, 0.4) is 0 Å². The molecule has 3 heteroatoms. The van der Waals surface area contributed by atoms with Crippen molar-refractivity contribution in [1.82, 2.24) is 0 Å². The third-order valence-corrected chi connectivity index (χ3v) is 3.29. The van der Waals surface area contributed by atoms with Crippen LogP contribution in [0.4, 0.5) is 0 Å². The summed E-state index contributed by atoms with van der Waals surface area (Å²) < 4.78 is 5.14. The molecule has 0 amide bonds. The Kier molecular flexibility index (Phi) is 8.72. The molecule has 0 saturated heterocycles. The molecule has 1 aromatic rings. The number of rotatable bonds is 10. The van der Waals surface area contributed by atoms with E-state index in [1.807, 2.05) is 30.3 Å². The summed E-state index contributed by atoms with van der Waals surface area (Å²) in [5, 5.41) is 9.77. The van der Waals surface area contributed by atoms with Crippen molar-refractivity contribution in [1.29, 1.82) is 0 Å². The van der Waals surface area contributed by atoms with E-state index in [1.165, 1.54) is 19.3 Å². The molecule has 0 bridgehead atoms. The molecule has 3 nitrogen and oxygen atoms in total. The van der Waals surface area contributed by atoms with Crippen molar-refractivity contribution >= 4 is 5.97 Å². The fraction of sp³-hybridized carbons (Fsp3) is 0.588. The number of benzene rings is 1. The van der Waals surface area contributed by atoms with Gasteiger partial charge in [-0.3, -0.25) is 4.79 Å². The van der Waals surface area contributed by atoms with E-state index in [0.29, 0.717) is 6.42 Å². The lowest BCUT2D eigenvalue weighted by Crippen LogP contribution is -2.15. The average Bonchev–Trinajstić information content (AvgIpc) is 2.46. The van der Waals surface area contributed by atoms with Gasteiger partial charge in [-0.25, -0.2) is 0 Å². The van der Waals surface area contributed by atoms with Gasteiger partial charge in [0.2, 0.25) is 0 Å². The van der Waals surface area contributed by atoms with E-state index in [-0.39, 0.29) is 19.0 Å². The molecule has 1 atom stereocenters. The molecule has 1 rings (SSSR count). The molecule has 1 N–H and O–H groups in total. The molecule has 0 aliphatic carbocycles. The quantitative estimate of drug-likeness (QED) is 0.522. The number of aliphatic hydroxyl groups excluding tert-OH is 1. The van der Waals surface area contributed by atoms with E-state index >= 15 is 0 Å². The van der Waals surface area contributed by atoms with E-state index in [2.05, 4.69) is 6.92 Å². The number of aliphatic hydroxyl groups is 1. The first-order chi connectivity index (χ1) is 9.72. The van der Waals surface area contributed by atoms with E-state index in [0.717, 1.165) is 18.4 Å². The standard InChI is InChI=1S/C17H26O3/c1-2-3-4-5-9-12-16(18)13-17(19)20-14-15-10-7-6-8-11-15/h6-8,10-11,16,18H,2-5,9,12-14H2,1H3/t16-/m1/s1. The van der Waals surface area contributed by atoms with Crippen molar-refractivity contribution in [3.8, 4) is 0 Å². The lowest BCUT2D eigenvalue weighted by atomic mass is 10.1. The highest BCUT2D eigenvalue weighted by Gasteiger charge is 2.11. The molecule has 0 aliphatic rings. The molecular formula is C17H26O3. The molecule has 0 aromatic heterocycles. The van der Waals surface area contributed by atoms with E-state index < -0.39 is 6.10 Å². The maximum absolute atomic E-state index is 11.6. The summed E-state index contributed by atoms with van der Waals surface area (Å²) in [5.41, 5.74) is 0.968. The molecular weight excluding hydrogens is 252 g/mol. The molecule has 0 spiro atoms. The van der Waals surface area contributed by atoms with Crippen LogP contribution in [0.2, 0.25) is 0 Å². The highest BCUT2D eigenvalue weighted by molar-refractivity contribution is 5.69. The Bertz CT molecular complexity index is 362. The van der Waals surface area contributed by atoms with Gasteiger partial charge in [0.15, 0.2) is 0 Å². The van der Waals surface area contributed by atoms with Crippen LogP contribution in [0.15, 0.2) is 30.3 Å². The molecule has 0 saturated carbocycles. The largest absolute Gasteiger partial charge is 0.461 e. The summed E-state index contributed by atoms with van der Waals surface area (Å²) in [6, 6.07) is 9.57. The summed E-state index contributed by atoms with van der Waals surface area (Å²) in [6.45, 7) is 2.46. The van der Waals surface area contributed by atoms with Gasteiger partial charge in [-0.1, -0.05) is 69.4 Å². The average molecular weight is 278 g/mol. The van der Waals surface area contributed by atoms with Crippen molar-refractivity contribution in [3.63, 3.8) is 0 Å². The van der Waals surface area contributed by atoms with Gasteiger partial charge in [-0.15, -0.1) is 0 Å². The number of hydrogen-bond acceptors (Lipinski definition) is 3. The highest BCUT2D eigenvalue weighted by Crippen LogP contribution is 2.10. The van der Waals surface area contributed by atoms with Crippen molar-refractivity contribution in [2.75, 3.05) is 0 Å². The third kappa shape index (κ3) is 7.95. The van der Waals surface area contributed by atoms with Gasteiger partial charge in [0, 0.05) is 0 Å². The van der Waals surface area contributed by atoms with Crippen molar-refractivity contribution < 1.29 is 14.6 Å². The topological polar surface area (TPSA) is 46.5 Å². The van der Waals surface area contributed by atoms with E-state index in [9.17, 15) is 9.90 Å². The fourth-order valence-electron chi connectivity index (χ4n) is 2.07. The first-order valence-corrected chi connectivity index (χ1v) is 7.60. The second kappa shape index (κ2) is 10.4. The first-order valence-electron chi connectivity index (χ1n) is 7.60. The Labute approximate surface area is 122 Å². The number of unbranched alkanes of at least 4 members (excludes halogenated alkanes) is 4. The number of esters is 1. The Morgan fingerprint density at radius 1 is 1.15 bits per heavy atom. The summed E-state index contributed by atoms with van der Waals surface area (Å²) in [7, 11) is 0. The molecule has 0 unspecified atom stereocenters. The highest BCUT2D eigenvalue weighted by atomic mass is 16.5. The van der Waals surface area contributed by atoms with Crippen molar-refractivity contribution in [2.45, 2.75) is 64.6 Å². The fourth-order valence-corrected chi connectivity index (χ4v) is 2.07. The molecule has 0 heterocycles. The summed E-state index contributed by atoms with van der Waals surface area (Å²) in [5.74, 6) is -0.324. The van der Waals surface area contributed by atoms with Gasteiger partial charge >= 0.3 is 5.97 Å². The smallest absolute Gasteiger partial charge is 0.308 e. The predicted molar refractivity (Wildman–Crippen MR) is 80.2 cm³/mol. The maximum Gasteiger partial charge on any atom is 0.308 e. The van der Waals surface area contributed by atoms with Crippen molar-refractivity contribution in [3.05, 3.63) is 35.9 Å². The molecule has 20 heavy (non-hydrogen) atoms. The van der Waals surface area contributed by atoms with Gasteiger partial charge in [-0.2, -0.15) is 0 Å². The number of carbonyl (C=O) groups excluding carboxylic acids is 1. The van der Waals surface area contributed by atoms with Crippen LogP contribution < -0.4 is 0 Å². The van der Waals surface area contributed by atoms with Gasteiger partial charge < -0.3 is 9.84 Å². The van der Waals surface area contributed by atoms with Crippen molar-refractivity contribution in [2.24, 2.45) is 0 Å². The maximum atomic E-state index is 11.6. The van der Waals surface area contributed by atoms with Crippen LogP contribution in [0.1, 0.15) is 57.4 Å². The Morgan fingerprint density at radius 2 is 1.85 bits per heavy atom. The Morgan fingerprint density at radius 3 is 2.55 bits per heavy atom. The molecule has 112 valence electrons. The zero-order chi connectivity index (χ0) is 14.6.